The second kappa shape index (κ2) is 8.16. The first kappa shape index (κ1) is 22.7. The van der Waals surface area contributed by atoms with Crippen molar-refractivity contribution in [1.29, 1.82) is 0 Å². The molecular weight excluding hydrogens is 416 g/mol. The summed E-state index contributed by atoms with van der Waals surface area (Å²) in [5.41, 5.74) is 1.18. The van der Waals surface area contributed by atoms with Gasteiger partial charge in [0.05, 0.1) is 25.4 Å². The smallest absolute Gasteiger partial charge is 0.192 e. The predicted molar refractivity (Wildman–Crippen MR) is 122 cm³/mol. The van der Waals surface area contributed by atoms with Gasteiger partial charge in [0.15, 0.2) is 14.1 Å². The number of fused-ring (bicyclic) bond motifs is 2. The molecule has 6 heteroatoms. The van der Waals surface area contributed by atoms with Crippen LogP contribution in [-0.4, -0.2) is 38.5 Å². The van der Waals surface area contributed by atoms with E-state index in [1.54, 1.807) is 0 Å². The Balaban J connectivity index is 1.46. The number of hydrogen-bond donors (Lipinski definition) is 1. The lowest BCUT2D eigenvalue weighted by Gasteiger charge is -2.49. The van der Waals surface area contributed by atoms with E-state index in [1.165, 1.54) is 5.56 Å². The molecule has 4 rings (SSSR count). The predicted octanol–water partition coefficient (Wildman–Crippen LogP) is 5.94. The highest BCUT2D eigenvalue weighted by Gasteiger charge is 2.64. The van der Waals surface area contributed by atoms with Crippen LogP contribution in [0.4, 0.5) is 0 Å². The van der Waals surface area contributed by atoms with E-state index in [-0.39, 0.29) is 17.2 Å². The number of aliphatic hydroxyl groups is 1. The molecule has 4 nitrogen and oxygen atoms in total. The molecule has 30 heavy (non-hydrogen) atoms. The highest BCUT2D eigenvalue weighted by Crippen LogP contribution is 2.60. The molecule has 5 atom stereocenters. The molecule has 3 fully saturated rings. The lowest BCUT2D eigenvalue weighted by Crippen LogP contribution is -2.54. The Bertz CT molecular complexity index is 739. The summed E-state index contributed by atoms with van der Waals surface area (Å²) in [4.78, 5) is 0. The third-order valence-corrected chi connectivity index (χ3v) is 12.9. The molecule has 1 aromatic rings. The lowest BCUT2D eigenvalue weighted by atomic mass is 9.66. The zero-order valence-corrected chi connectivity index (χ0v) is 20.7. The van der Waals surface area contributed by atoms with Crippen molar-refractivity contribution >= 4 is 19.9 Å². The van der Waals surface area contributed by atoms with Crippen LogP contribution in [0.1, 0.15) is 58.1 Å². The molecule has 0 bridgehead atoms. The van der Waals surface area contributed by atoms with Gasteiger partial charge in [-0.05, 0) is 66.9 Å². The fraction of sp³-hybridized carbons (Fsp3) is 0.750. The monoisotopic (exact) mass is 452 g/mol. The SMILES string of the molecule is CC(C)(C)[Si](C)(C)OC(CCC1C(O)CC2C1CC21OCCO1)c1ccc(Cl)cc1. The van der Waals surface area contributed by atoms with E-state index in [9.17, 15) is 5.11 Å². The fourth-order valence-corrected chi connectivity index (χ4v) is 6.81. The molecule has 1 N–H and O–H groups in total. The highest BCUT2D eigenvalue weighted by molar-refractivity contribution is 6.74. The maximum Gasteiger partial charge on any atom is 0.192 e. The highest BCUT2D eigenvalue weighted by atomic mass is 35.5. The number of aliphatic hydroxyl groups excluding tert-OH is 1. The molecule has 0 amide bonds. The standard InChI is InChI=1S/C24H37ClO4Si/c1-23(2,3)30(4,5)29-22(16-6-8-17(25)9-7-16)11-10-18-19-15-24(27-12-13-28-24)20(19)14-21(18)26/h6-9,18-22,26H,10-15H2,1-5H3. The van der Waals surface area contributed by atoms with Crippen molar-refractivity contribution in [2.24, 2.45) is 17.8 Å². The third-order valence-electron chi connectivity index (χ3n) is 8.16. The molecule has 1 heterocycles. The average molecular weight is 453 g/mol. The average Bonchev–Trinajstić information content (AvgIpc) is 3.24. The molecule has 5 unspecified atom stereocenters. The van der Waals surface area contributed by atoms with Crippen molar-refractivity contribution in [3.05, 3.63) is 34.9 Å². The summed E-state index contributed by atoms with van der Waals surface area (Å²) in [6, 6.07) is 8.08. The minimum atomic E-state index is -1.94. The van der Waals surface area contributed by atoms with Gasteiger partial charge in [0.25, 0.3) is 0 Å². The largest absolute Gasteiger partial charge is 0.410 e. The van der Waals surface area contributed by atoms with Crippen LogP contribution in [0.15, 0.2) is 24.3 Å². The first-order valence-electron chi connectivity index (χ1n) is 11.4. The van der Waals surface area contributed by atoms with Gasteiger partial charge in [-0.3, -0.25) is 0 Å². The maximum absolute atomic E-state index is 10.8. The van der Waals surface area contributed by atoms with Crippen molar-refractivity contribution in [2.45, 2.75) is 82.6 Å². The summed E-state index contributed by atoms with van der Waals surface area (Å²) in [6.07, 6.45) is 3.35. The molecule has 0 radical (unpaired) electrons. The summed E-state index contributed by atoms with van der Waals surface area (Å²) < 4.78 is 18.7. The van der Waals surface area contributed by atoms with Crippen LogP contribution in [0.3, 0.4) is 0 Å². The molecule has 1 aromatic carbocycles. The van der Waals surface area contributed by atoms with Gasteiger partial charge in [0, 0.05) is 17.4 Å². The Labute approximate surface area is 187 Å². The van der Waals surface area contributed by atoms with Crippen molar-refractivity contribution < 1.29 is 19.0 Å². The minimum absolute atomic E-state index is 0.0300. The molecule has 168 valence electrons. The molecule has 1 spiro atoms. The molecule has 0 aromatic heterocycles. The van der Waals surface area contributed by atoms with Crippen LogP contribution in [0.5, 0.6) is 0 Å². The van der Waals surface area contributed by atoms with Crippen LogP contribution < -0.4 is 0 Å². The zero-order valence-electron chi connectivity index (χ0n) is 19.0. The van der Waals surface area contributed by atoms with Crippen molar-refractivity contribution in [3.8, 4) is 0 Å². The van der Waals surface area contributed by atoms with Gasteiger partial charge in [-0.1, -0.05) is 44.5 Å². The molecule has 1 saturated heterocycles. The summed E-state index contributed by atoms with van der Waals surface area (Å²) in [5.74, 6) is 0.742. The third kappa shape index (κ3) is 4.14. The Morgan fingerprint density at radius 3 is 2.43 bits per heavy atom. The van der Waals surface area contributed by atoms with E-state index in [0.29, 0.717) is 31.0 Å². The van der Waals surface area contributed by atoms with Crippen LogP contribution in [0, 0.1) is 17.8 Å². The first-order chi connectivity index (χ1) is 14.0. The summed E-state index contributed by atoms with van der Waals surface area (Å²) in [5, 5.41) is 11.7. The van der Waals surface area contributed by atoms with E-state index in [4.69, 9.17) is 25.5 Å². The van der Waals surface area contributed by atoms with Crippen LogP contribution in [-0.2, 0) is 13.9 Å². The summed E-state index contributed by atoms with van der Waals surface area (Å²) in [6.45, 7) is 12.8. The maximum atomic E-state index is 10.8. The van der Waals surface area contributed by atoms with Crippen LogP contribution in [0.25, 0.3) is 0 Å². The number of rotatable bonds is 6. The van der Waals surface area contributed by atoms with E-state index < -0.39 is 14.1 Å². The summed E-state index contributed by atoms with van der Waals surface area (Å²) >= 11 is 6.14. The molecule has 3 aliphatic rings. The normalized spacial score (nSPS) is 31.6. The topological polar surface area (TPSA) is 47.9 Å². The molecule has 2 saturated carbocycles. The number of hydrogen-bond acceptors (Lipinski definition) is 4. The Morgan fingerprint density at radius 1 is 1.20 bits per heavy atom. The van der Waals surface area contributed by atoms with Crippen molar-refractivity contribution in [1.82, 2.24) is 0 Å². The second-order valence-electron chi connectivity index (χ2n) is 10.9. The Kier molecular flexibility index (Phi) is 6.19. The van der Waals surface area contributed by atoms with Crippen LogP contribution >= 0.6 is 11.6 Å². The van der Waals surface area contributed by atoms with E-state index in [2.05, 4.69) is 46.0 Å². The minimum Gasteiger partial charge on any atom is -0.410 e. The van der Waals surface area contributed by atoms with Crippen LogP contribution in [0.2, 0.25) is 23.2 Å². The first-order valence-corrected chi connectivity index (χ1v) is 14.7. The number of ether oxygens (including phenoxy) is 2. The van der Waals surface area contributed by atoms with Gasteiger partial charge in [-0.25, -0.2) is 0 Å². The van der Waals surface area contributed by atoms with Gasteiger partial charge in [-0.15, -0.1) is 0 Å². The van der Waals surface area contributed by atoms with Gasteiger partial charge in [0.2, 0.25) is 0 Å². The Hall–Kier alpha value is -0.433. The van der Waals surface area contributed by atoms with Crippen molar-refractivity contribution in [2.75, 3.05) is 13.2 Å². The molecular formula is C24H37ClO4Si. The van der Waals surface area contributed by atoms with E-state index >= 15 is 0 Å². The number of halogens is 1. The van der Waals surface area contributed by atoms with Gasteiger partial charge in [-0.2, -0.15) is 0 Å². The number of benzene rings is 1. The van der Waals surface area contributed by atoms with Gasteiger partial charge in [0.1, 0.15) is 0 Å². The zero-order chi connectivity index (χ0) is 21.7. The quantitative estimate of drug-likeness (QED) is 0.542. The van der Waals surface area contributed by atoms with E-state index in [0.717, 1.165) is 30.7 Å². The second-order valence-corrected chi connectivity index (χ2v) is 16.1. The van der Waals surface area contributed by atoms with Gasteiger partial charge < -0.3 is 19.0 Å². The van der Waals surface area contributed by atoms with Gasteiger partial charge >= 0.3 is 0 Å². The molecule has 2 aliphatic carbocycles. The fourth-order valence-electron chi connectivity index (χ4n) is 5.37. The van der Waals surface area contributed by atoms with E-state index in [1.807, 2.05) is 12.1 Å². The molecule has 1 aliphatic heterocycles. The summed E-state index contributed by atoms with van der Waals surface area (Å²) in [7, 11) is -1.94. The Morgan fingerprint density at radius 2 is 1.83 bits per heavy atom. The van der Waals surface area contributed by atoms with Crippen molar-refractivity contribution in [3.63, 3.8) is 0 Å². The lowest BCUT2D eigenvalue weighted by molar-refractivity contribution is -0.272.